The van der Waals surface area contributed by atoms with Crippen molar-refractivity contribution in [1.29, 1.82) is 0 Å². The summed E-state index contributed by atoms with van der Waals surface area (Å²) in [6.07, 6.45) is 0. The van der Waals surface area contributed by atoms with Crippen molar-refractivity contribution >= 4 is 11.4 Å². The van der Waals surface area contributed by atoms with Gasteiger partial charge in [0, 0.05) is 16.8 Å². The third kappa shape index (κ3) is 4.03. The van der Waals surface area contributed by atoms with Crippen molar-refractivity contribution < 1.29 is 0 Å². The molecule has 224 valence electrons. The lowest BCUT2D eigenvalue weighted by Crippen LogP contribution is -2.28. The molecule has 1 nitrogen and oxygen atoms in total. The van der Waals surface area contributed by atoms with E-state index in [1.165, 1.54) is 66.8 Å². The molecule has 2 aliphatic carbocycles. The molecule has 1 N–H and O–H groups in total. The van der Waals surface area contributed by atoms with Gasteiger partial charge in [-0.15, -0.1) is 0 Å². The number of nitrogens with one attached hydrogen (secondary N) is 1. The second kappa shape index (κ2) is 10.4. The highest BCUT2D eigenvalue weighted by Gasteiger charge is 2.46. The second-order valence-corrected chi connectivity index (χ2v) is 13.4. The summed E-state index contributed by atoms with van der Waals surface area (Å²) in [5.41, 5.74) is 17.4. The van der Waals surface area contributed by atoms with Gasteiger partial charge in [-0.3, -0.25) is 0 Å². The molecule has 0 aliphatic heterocycles. The summed E-state index contributed by atoms with van der Waals surface area (Å²) >= 11 is 0. The van der Waals surface area contributed by atoms with Gasteiger partial charge in [0.2, 0.25) is 0 Å². The summed E-state index contributed by atoms with van der Waals surface area (Å²) < 4.78 is 0. The maximum absolute atomic E-state index is 3.64. The van der Waals surface area contributed by atoms with E-state index >= 15 is 0 Å². The van der Waals surface area contributed by atoms with Crippen LogP contribution >= 0.6 is 0 Å². The van der Waals surface area contributed by atoms with Crippen LogP contribution in [0.3, 0.4) is 0 Å². The van der Waals surface area contributed by atoms with Gasteiger partial charge >= 0.3 is 0 Å². The van der Waals surface area contributed by atoms with Crippen molar-refractivity contribution in [3.8, 4) is 33.4 Å². The summed E-state index contributed by atoms with van der Waals surface area (Å²) in [6.45, 7) is 4.72. The monoisotopic (exact) mass is 601 g/mol. The van der Waals surface area contributed by atoms with Crippen molar-refractivity contribution in [1.82, 2.24) is 0 Å². The number of para-hydroxylation sites is 1. The molecule has 1 heteroatoms. The molecule has 47 heavy (non-hydrogen) atoms. The predicted molar refractivity (Wildman–Crippen MR) is 196 cm³/mol. The fourth-order valence-electron chi connectivity index (χ4n) is 8.44. The van der Waals surface area contributed by atoms with Gasteiger partial charge < -0.3 is 5.32 Å². The highest BCUT2D eigenvalue weighted by atomic mass is 14.9. The van der Waals surface area contributed by atoms with Gasteiger partial charge in [0.1, 0.15) is 0 Å². The van der Waals surface area contributed by atoms with Crippen molar-refractivity contribution in [3.05, 3.63) is 203 Å². The Morgan fingerprint density at radius 3 is 1.68 bits per heavy atom. The van der Waals surface area contributed by atoms with E-state index in [1.807, 2.05) is 0 Å². The maximum atomic E-state index is 3.64. The van der Waals surface area contributed by atoms with E-state index in [2.05, 4.69) is 189 Å². The molecule has 9 rings (SSSR count). The first-order valence-electron chi connectivity index (χ1n) is 16.5. The summed E-state index contributed by atoms with van der Waals surface area (Å²) in [6, 6.07) is 62.5. The van der Waals surface area contributed by atoms with Gasteiger partial charge in [0.05, 0.1) is 5.41 Å². The first kappa shape index (κ1) is 27.6. The molecule has 0 saturated carbocycles. The smallest absolute Gasteiger partial charge is 0.0713 e. The zero-order valence-corrected chi connectivity index (χ0v) is 26.7. The largest absolute Gasteiger partial charge is 0.356 e. The topological polar surface area (TPSA) is 12.0 Å². The van der Waals surface area contributed by atoms with Crippen LogP contribution in [0.15, 0.2) is 170 Å². The third-order valence-corrected chi connectivity index (χ3v) is 10.5. The molecule has 0 fully saturated rings. The number of benzene rings is 7. The molecule has 0 amide bonds. The molecule has 0 bridgehead atoms. The van der Waals surface area contributed by atoms with Crippen molar-refractivity contribution in [2.75, 3.05) is 5.32 Å². The third-order valence-electron chi connectivity index (χ3n) is 10.5. The van der Waals surface area contributed by atoms with Gasteiger partial charge in [0.25, 0.3) is 0 Å². The zero-order valence-electron chi connectivity index (χ0n) is 26.7. The van der Waals surface area contributed by atoms with E-state index in [1.54, 1.807) is 0 Å². The van der Waals surface area contributed by atoms with Crippen molar-refractivity contribution in [2.24, 2.45) is 0 Å². The van der Waals surface area contributed by atoms with E-state index in [0.29, 0.717) is 0 Å². The molecular formula is C46H35N. The van der Waals surface area contributed by atoms with Crippen LogP contribution in [0.25, 0.3) is 33.4 Å². The van der Waals surface area contributed by atoms with E-state index in [4.69, 9.17) is 0 Å². The Morgan fingerprint density at radius 2 is 0.957 bits per heavy atom. The van der Waals surface area contributed by atoms with Gasteiger partial charge in [-0.05, 0) is 97.1 Å². The van der Waals surface area contributed by atoms with Crippen molar-refractivity contribution in [2.45, 2.75) is 24.7 Å². The van der Waals surface area contributed by atoms with Crippen LogP contribution in [-0.4, -0.2) is 0 Å². The Hall–Kier alpha value is -5.66. The Balaban J connectivity index is 1.26. The minimum atomic E-state index is -0.424. The van der Waals surface area contributed by atoms with E-state index in [-0.39, 0.29) is 5.41 Å². The molecule has 0 atom stereocenters. The van der Waals surface area contributed by atoms with Crippen molar-refractivity contribution in [3.63, 3.8) is 0 Å². The highest BCUT2D eigenvalue weighted by molar-refractivity contribution is 5.94. The van der Waals surface area contributed by atoms with Crippen LogP contribution in [0.5, 0.6) is 0 Å². The van der Waals surface area contributed by atoms with Gasteiger partial charge in [0.15, 0.2) is 0 Å². The molecule has 0 aromatic heterocycles. The van der Waals surface area contributed by atoms with Gasteiger partial charge in [-0.25, -0.2) is 0 Å². The number of fused-ring (bicyclic) bond motifs is 6. The summed E-state index contributed by atoms with van der Waals surface area (Å²) in [4.78, 5) is 0. The Bertz CT molecular complexity index is 2250. The number of rotatable bonds is 5. The quantitative estimate of drug-likeness (QED) is 0.207. The molecule has 0 spiro atoms. The molecule has 0 heterocycles. The molecule has 0 unspecified atom stereocenters. The Labute approximate surface area is 277 Å². The van der Waals surface area contributed by atoms with Crippen LogP contribution in [0.4, 0.5) is 11.4 Å². The number of anilines is 2. The second-order valence-electron chi connectivity index (χ2n) is 13.4. The predicted octanol–water partition coefficient (Wildman–Crippen LogP) is 11.8. The average Bonchev–Trinajstić information content (AvgIpc) is 3.55. The highest BCUT2D eigenvalue weighted by Crippen LogP contribution is 2.57. The molecule has 2 aliphatic rings. The van der Waals surface area contributed by atoms with Gasteiger partial charge in [-0.1, -0.05) is 153 Å². The van der Waals surface area contributed by atoms with E-state index in [0.717, 1.165) is 11.4 Å². The lowest BCUT2D eigenvalue weighted by Gasteiger charge is -2.34. The zero-order chi connectivity index (χ0) is 31.6. The average molecular weight is 602 g/mol. The van der Waals surface area contributed by atoms with Gasteiger partial charge in [-0.2, -0.15) is 0 Å². The molecule has 0 radical (unpaired) electrons. The van der Waals surface area contributed by atoms with E-state index < -0.39 is 5.41 Å². The summed E-state index contributed by atoms with van der Waals surface area (Å²) in [7, 11) is 0. The van der Waals surface area contributed by atoms with Crippen LogP contribution in [0.1, 0.15) is 47.2 Å². The number of hydrogen-bond acceptors (Lipinski definition) is 1. The van der Waals surface area contributed by atoms with Crippen LogP contribution in [0.2, 0.25) is 0 Å². The minimum Gasteiger partial charge on any atom is -0.356 e. The lowest BCUT2D eigenvalue weighted by atomic mass is 9.67. The number of hydrogen-bond donors (Lipinski definition) is 1. The standard InChI is InChI=1S/C46H35N/c1-45(2)40-28-27-35(47-34-19-7-4-8-20-34)30-39(40)44-36(23-14-26-43(44)45)31-15-13-18-33(29-31)46(32-16-5-3-6-17-32)41-24-11-9-21-37(41)38-22-10-12-25-42(38)46/h3-30,47H,1-2H3. The minimum absolute atomic E-state index is 0.0990. The molecule has 7 aromatic carbocycles. The molecule has 7 aromatic rings. The lowest BCUT2D eigenvalue weighted by molar-refractivity contribution is 0.660. The SMILES string of the molecule is CC1(C)c2ccc(Nc3ccccc3)cc2-c2c(-c3cccc(C4(c5ccccc5)c5ccccc5-c5ccccc54)c3)cccc21. The normalized spacial score (nSPS) is 14.5. The fourth-order valence-corrected chi connectivity index (χ4v) is 8.44. The first-order valence-corrected chi connectivity index (χ1v) is 16.5. The fraction of sp³-hybridized carbons (Fsp3) is 0.0870. The first-order chi connectivity index (χ1) is 23.1. The summed E-state index contributed by atoms with van der Waals surface area (Å²) in [5, 5.41) is 3.64. The Kier molecular flexibility index (Phi) is 6.14. The maximum Gasteiger partial charge on any atom is 0.0713 e. The van der Waals surface area contributed by atoms with Crippen LogP contribution in [0, 0.1) is 0 Å². The Morgan fingerprint density at radius 1 is 0.383 bits per heavy atom. The molecular weight excluding hydrogens is 567 g/mol. The van der Waals surface area contributed by atoms with E-state index in [9.17, 15) is 0 Å². The van der Waals surface area contributed by atoms with Crippen LogP contribution < -0.4 is 5.32 Å². The molecule has 0 saturated heterocycles. The van der Waals surface area contributed by atoms with Crippen LogP contribution in [-0.2, 0) is 10.8 Å². The summed E-state index contributed by atoms with van der Waals surface area (Å²) in [5.74, 6) is 0.